The fourth-order valence-corrected chi connectivity index (χ4v) is 1.96. The van der Waals surface area contributed by atoms with E-state index in [0.29, 0.717) is 18.7 Å². The third-order valence-electron chi connectivity index (χ3n) is 3.00. The first-order valence-corrected chi connectivity index (χ1v) is 6.60. The maximum absolute atomic E-state index is 11.9. The molecule has 0 saturated heterocycles. The molecule has 0 aromatic carbocycles. The van der Waals surface area contributed by atoms with Gasteiger partial charge < -0.3 is 15.1 Å². The van der Waals surface area contributed by atoms with Crippen LogP contribution in [0.5, 0.6) is 0 Å². The van der Waals surface area contributed by atoms with Crippen molar-refractivity contribution in [1.29, 1.82) is 0 Å². The Hall–Kier alpha value is -2.63. The number of primary amides is 1. The average molecular weight is 287 g/mol. The smallest absolute Gasteiger partial charge is 0.312 e. The third kappa shape index (κ3) is 4.17. The van der Waals surface area contributed by atoms with Crippen LogP contribution in [0.25, 0.3) is 0 Å². The monoisotopic (exact) mass is 287 g/mol. The Morgan fingerprint density at radius 2 is 2.10 bits per heavy atom. The van der Waals surface area contributed by atoms with Crippen LogP contribution in [-0.2, 0) is 22.6 Å². The molecule has 0 unspecified atom stereocenters. The van der Waals surface area contributed by atoms with Crippen LogP contribution >= 0.6 is 0 Å². The largest absolute Gasteiger partial charge is 0.464 e. The third-order valence-corrected chi connectivity index (χ3v) is 3.00. The first kappa shape index (κ1) is 14.8. The number of amides is 2. The normalized spacial score (nSPS) is 10.3. The zero-order chi connectivity index (χ0) is 15.2. The Balaban J connectivity index is 2.05. The quantitative estimate of drug-likeness (QED) is 0.832. The lowest BCUT2D eigenvalue weighted by atomic mass is 10.2. The number of carbonyl (C=O) groups excluding carboxylic acids is 2. The minimum Gasteiger partial charge on any atom is -0.464 e. The van der Waals surface area contributed by atoms with Crippen LogP contribution in [0.2, 0.25) is 0 Å². The summed E-state index contributed by atoms with van der Waals surface area (Å²) >= 11 is 0. The SMILES string of the molecule is Cc1ccc(CN(CCc2ccccn2)C(=O)C(N)=O)o1. The molecule has 0 fully saturated rings. The fourth-order valence-electron chi connectivity index (χ4n) is 1.96. The summed E-state index contributed by atoms with van der Waals surface area (Å²) in [5.41, 5.74) is 5.93. The average Bonchev–Trinajstić information content (AvgIpc) is 2.89. The Morgan fingerprint density at radius 3 is 2.67 bits per heavy atom. The van der Waals surface area contributed by atoms with Crippen LogP contribution in [0.4, 0.5) is 0 Å². The lowest BCUT2D eigenvalue weighted by Crippen LogP contribution is -2.40. The van der Waals surface area contributed by atoms with Gasteiger partial charge >= 0.3 is 11.8 Å². The number of pyridine rings is 1. The van der Waals surface area contributed by atoms with Crippen LogP contribution in [0.3, 0.4) is 0 Å². The molecule has 0 aliphatic rings. The summed E-state index contributed by atoms with van der Waals surface area (Å²) in [4.78, 5) is 28.6. The summed E-state index contributed by atoms with van der Waals surface area (Å²) in [5, 5.41) is 0. The van der Waals surface area contributed by atoms with Crippen molar-refractivity contribution in [1.82, 2.24) is 9.88 Å². The molecule has 6 nitrogen and oxygen atoms in total. The number of aryl methyl sites for hydroxylation is 1. The second kappa shape index (κ2) is 6.69. The van der Waals surface area contributed by atoms with Gasteiger partial charge in [0.25, 0.3) is 0 Å². The molecule has 2 aromatic rings. The summed E-state index contributed by atoms with van der Waals surface area (Å²) in [6, 6.07) is 9.14. The van der Waals surface area contributed by atoms with Gasteiger partial charge in [0, 0.05) is 24.9 Å². The fraction of sp³-hybridized carbons (Fsp3) is 0.267. The van der Waals surface area contributed by atoms with Gasteiger partial charge in [-0.05, 0) is 31.2 Å². The van der Waals surface area contributed by atoms with Crippen molar-refractivity contribution in [3.63, 3.8) is 0 Å². The van der Waals surface area contributed by atoms with Crippen LogP contribution < -0.4 is 5.73 Å². The van der Waals surface area contributed by atoms with E-state index < -0.39 is 11.8 Å². The molecule has 0 radical (unpaired) electrons. The molecule has 2 N–H and O–H groups in total. The molecule has 2 aromatic heterocycles. The van der Waals surface area contributed by atoms with Gasteiger partial charge in [-0.25, -0.2) is 0 Å². The number of hydrogen-bond donors (Lipinski definition) is 1. The minimum atomic E-state index is -0.973. The topological polar surface area (TPSA) is 89.4 Å². The first-order valence-electron chi connectivity index (χ1n) is 6.60. The molecule has 6 heteroatoms. The van der Waals surface area contributed by atoms with Crippen molar-refractivity contribution < 1.29 is 14.0 Å². The highest BCUT2D eigenvalue weighted by Gasteiger charge is 2.20. The van der Waals surface area contributed by atoms with E-state index in [4.69, 9.17) is 10.2 Å². The number of rotatable bonds is 5. The lowest BCUT2D eigenvalue weighted by molar-refractivity contribution is -0.144. The molecule has 2 amide bonds. The molecule has 0 saturated carbocycles. The van der Waals surface area contributed by atoms with E-state index in [-0.39, 0.29) is 6.54 Å². The number of hydrogen-bond acceptors (Lipinski definition) is 4. The molecule has 0 aliphatic heterocycles. The number of nitrogens with zero attached hydrogens (tertiary/aromatic N) is 2. The van der Waals surface area contributed by atoms with Crippen molar-refractivity contribution >= 4 is 11.8 Å². The van der Waals surface area contributed by atoms with E-state index in [2.05, 4.69) is 4.98 Å². The van der Waals surface area contributed by atoms with Gasteiger partial charge in [-0.15, -0.1) is 0 Å². The molecule has 110 valence electrons. The Morgan fingerprint density at radius 1 is 1.29 bits per heavy atom. The van der Waals surface area contributed by atoms with Gasteiger partial charge in [-0.3, -0.25) is 14.6 Å². The second-order valence-electron chi connectivity index (χ2n) is 4.67. The molecular weight excluding hydrogens is 270 g/mol. The van der Waals surface area contributed by atoms with Crippen molar-refractivity contribution in [3.8, 4) is 0 Å². The zero-order valence-electron chi connectivity index (χ0n) is 11.8. The standard InChI is InChI=1S/C15H17N3O3/c1-11-5-6-13(21-11)10-18(15(20)14(16)19)9-7-12-4-2-3-8-17-12/h2-6,8H,7,9-10H2,1H3,(H2,16,19). The van der Waals surface area contributed by atoms with E-state index in [0.717, 1.165) is 11.5 Å². The van der Waals surface area contributed by atoms with Gasteiger partial charge in [0.05, 0.1) is 6.54 Å². The molecule has 2 rings (SSSR count). The molecule has 0 aliphatic carbocycles. The summed E-state index contributed by atoms with van der Waals surface area (Å²) in [7, 11) is 0. The van der Waals surface area contributed by atoms with Gasteiger partial charge in [0.2, 0.25) is 0 Å². The highest BCUT2D eigenvalue weighted by Crippen LogP contribution is 2.10. The first-order chi connectivity index (χ1) is 10.1. The molecule has 0 spiro atoms. The Kier molecular flexibility index (Phi) is 4.71. The van der Waals surface area contributed by atoms with E-state index in [1.807, 2.05) is 25.1 Å². The van der Waals surface area contributed by atoms with Gasteiger partial charge in [0.1, 0.15) is 11.5 Å². The van der Waals surface area contributed by atoms with E-state index in [1.165, 1.54) is 4.90 Å². The molecule has 2 heterocycles. The molecule has 0 bridgehead atoms. The predicted octanol–water partition coefficient (Wildman–Crippen LogP) is 1.04. The molecular formula is C15H17N3O3. The van der Waals surface area contributed by atoms with Crippen LogP contribution in [0, 0.1) is 6.92 Å². The maximum atomic E-state index is 11.9. The Labute approximate surface area is 122 Å². The summed E-state index contributed by atoms with van der Waals surface area (Å²) in [6.07, 6.45) is 2.23. The van der Waals surface area contributed by atoms with Crippen LogP contribution in [0.15, 0.2) is 40.9 Å². The number of furan rings is 1. The summed E-state index contributed by atoms with van der Waals surface area (Å²) < 4.78 is 5.43. The zero-order valence-corrected chi connectivity index (χ0v) is 11.8. The predicted molar refractivity (Wildman–Crippen MR) is 76.0 cm³/mol. The van der Waals surface area contributed by atoms with Crippen LogP contribution in [0.1, 0.15) is 17.2 Å². The lowest BCUT2D eigenvalue weighted by Gasteiger charge is -2.19. The second-order valence-corrected chi connectivity index (χ2v) is 4.67. The Bertz CT molecular complexity index is 622. The highest BCUT2D eigenvalue weighted by molar-refractivity contribution is 6.34. The number of nitrogens with two attached hydrogens (primary N) is 1. The minimum absolute atomic E-state index is 0.211. The van der Waals surface area contributed by atoms with Crippen molar-refractivity contribution in [3.05, 3.63) is 53.7 Å². The van der Waals surface area contributed by atoms with Crippen molar-refractivity contribution in [2.24, 2.45) is 5.73 Å². The number of carbonyl (C=O) groups is 2. The van der Waals surface area contributed by atoms with Gasteiger partial charge in [-0.2, -0.15) is 0 Å². The summed E-state index contributed by atoms with van der Waals surface area (Å²) in [6.45, 7) is 2.37. The van der Waals surface area contributed by atoms with E-state index >= 15 is 0 Å². The molecule has 0 atom stereocenters. The highest BCUT2D eigenvalue weighted by atomic mass is 16.3. The maximum Gasteiger partial charge on any atom is 0.312 e. The van der Waals surface area contributed by atoms with Crippen molar-refractivity contribution in [2.45, 2.75) is 19.9 Å². The number of aromatic nitrogens is 1. The van der Waals surface area contributed by atoms with E-state index in [1.54, 1.807) is 18.3 Å². The van der Waals surface area contributed by atoms with Crippen LogP contribution in [-0.4, -0.2) is 28.2 Å². The van der Waals surface area contributed by atoms with Gasteiger partial charge in [-0.1, -0.05) is 6.07 Å². The van der Waals surface area contributed by atoms with E-state index in [9.17, 15) is 9.59 Å². The summed E-state index contributed by atoms with van der Waals surface area (Å²) in [5.74, 6) is -0.330. The molecule has 21 heavy (non-hydrogen) atoms. The van der Waals surface area contributed by atoms with Gasteiger partial charge in [0.15, 0.2) is 0 Å². The van der Waals surface area contributed by atoms with Crippen molar-refractivity contribution in [2.75, 3.05) is 6.54 Å².